The van der Waals surface area contributed by atoms with Crippen molar-refractivity contribution in [3.8, 4) is 10.6 Å². The molecule has 4 aliphatic heterocycles. The minimum absolute atomic E-state index is 0.00643. The van der Waals surface area contributed by atoms with Crippen LogP contribution in [0.1, 0.15) is 39.6 Å². The van der Waals surface area contributed by atoms with E-state index < -0.39 is 33.2 Å². The molecule has 4 fully saturated rings. The number of amides is 1. The maximum absolute atomic E-state index is 14.3. The molecule has 5 aliphatic rings. The van der Waals surface area contributed by atoms with Crippen molar-refractivity contribution in [2.75, 3.05) is 75.6 Å². The lowest BCUT2D eigenvalue weighted by atomic mass is 9.91. The number of hydrogen-bond donors (Lipinski definition) is 1. The zero-order valence-electron chi connectivity index (χ0n) is 25.5. The number of ether oxygens (including phenoxy) is 2. The predicted octanol–water partition coefficient (Wildman–Crippen LogP) is 3.99. The van der Waals surface area contributed by atoms with Crippen LogP contribution in [0, 0.1) is 0 Å². The third kappa shape index (κ3) is 5.47. The molecule has 0 bridgehead atoms. The van der Waals surface area contributed by atoms with Crippen LogP contribution in [0.2, 0.25) is 0 Å². The van der Waals surface area contributed by atoms with Gasteiger partial charge in [-0.25, -0.2) is 18.4 Å². The molecule has 0 radical (unpaired) electrons. The Kier molecular flexibility index (Phi) is 7.33. The van der Waals surface area contributed by atoms with E-state index in [1.807, 2.05) is 12.1 Å². The quantitative estimate of drug-likeness (QED) is 0.407. The second-order valence-corrected chi connectivity index (χ2v) is 16.1. The maximum atomic E-state index is 14.3. The molecule has 3 aromatic rings. The van der Waals surface area contributed by atoms with E-state index in [1.165, 1.54) is 4.90 Å². The summed E-state index contributed by atoms with van der Waals surface area (Å²) in [5, 5.41) is 3.15. The van der Waals surface area contributed by atoms with Gasteiger partial charge in [-0.1, -0.05) is 0 Å². The van der Waals surface area contributed by atoms with Crippen LogP contribution in [0.3, 0.4) is 0 Å². The summed E-state index contributed by atoms with van der Waals surface area (Å²) in [6, 6.07) is 6.95. The number of nitrogens with zero attached hydrogens (tertiary/aromatic N) is 5. The molecule has 1 amide bonds. The second-order valence-electron chi connectivity index (χ2n) is 13.0. The van der Waals surface area contributed by atoms with Crippen molar-refractivity contribution in [3.63, 3.8) is 0 Å². The van der Waals surface area contributed by atoms with E-state index in [4.69, 9.17) is 9.47 Å². The Balaban J connectivity index is 1.13. The van der Waals surface area contributed by atoms with Gasteiger partial charge < -0.3 is 24.6 Å². The summed E-state index contributed by atoms with van der Waals surface area (Å²) in [6.45, 7) is 4.59. The number of fused-ring (bicyclic) bond motifs is 1. The first-order valence-corrected chi connectivity index (χ1v) is 18.0. The number of halogens is 3. The van der Waals surface area contributed by atoms with Gasteiger partial charge in [-0.2, -0.15) is 13.2 Å². The van der Waals surface area contributed by atoms with Gasteiger partial charge in [0.15, 0.2) is 9.84 Å². The van der Waals surface area contributed by atoms with Crippen molar-refractivity contribution in [1.82, 2.24) is 19.8 Å². The average molecular weight is 691 g/mol. The summed E-state index contributed by atoms with van der Waals surface area (Å²) < 4.78 is 80.0. The zero-order valence-corrected chi connectivity index (χ0v) is 27.2. The summed E-state index contributed by atoms with van der Waals surface area (Å²) in [5.41, 5.74) is 1.24. The fourth-order valence-corrected chi connectivity index (χ4v) is 9.58. The normalized spacial score (nSPS) is 22.9. The Bertz CT molecular complexity index is 1860. The first-order chi connectivity index (χ1) is 22.4. The predicted molar refractivity (Wildman–Crippen MR) is 168 cm³/mol. The van der Waals surface area contributed by atoms with Gasteiger partial charge in [-0.15, -0.1) is 11.3 Å². The number of sulfone groups is 1. The van der Waals surface area contributed by atoms with Crippen LogP contribution in [0.4, 0.5) is 30.5 Å². The third-order valence-electron chi connectivity index (χ3n) is 9.88. The lowest BCUT2D eigenvalue weighted by Crippen LogP contribution is -2.70. The molecule has 47 heavy (non-hydrogen) atoms. The highest BCUT2D eigenvalue weighted by atomic mass is 32.2. The summed E-state index contributed by atoms with van der Waals surface area (Å²) in [5.74, 6) is -0.604. The van der Waals surface area contributed by atoms with E-state index in [1.54, 1.807) is 0 Å². The van der Waals surface area contributed by atoms with E-state index in [0.717, 1.165) is 49.8 Å². The number of hydrogen-bond acceptors (Lipinski definition) is 11. The summed E-state index contributed by atoms with van der Waals surface area (Å²) in [7, 11) is -1.80. The van der Waals surface area contributed by atoms with Gasteiger partial charge in [0.05, 0.1) is 59.2 Å². The van der Waals surface area contributed by atoms with Crippen molar-refractivity contribution in [1.29, 1.82) is 0 Å². The first-order valence-electron chi connectivity index (χ1n) is 15.6. The van der Waals surface area contributed by atoms with Gasteiger partial charge in [0.1, 0.15) is 10.4 Å². The van der Waals surface area contributed by atoms with Crippen LogP contribution in [-0.4, -0.2) is 111 Å². The summed E-state index contributed by atoms with van der Waals surface area (Å²) in [6.07, 6.45) is -2.10. The molecule has 6 heterocycles. The summed E-state index contributed by atoms with van der Waals surface area (Å²) >= 11 is 0.708. The standard InChI is InChI=1S/C31H33F3N6O5S2/c1-38-6-7-39(15-30(38)16-45-17-30)19-4-5-23(21(10-19)18-2-3-18)36-29-35-12-22(31(32,33)34)26(37-29)24-11-25-27(46-24)28(41)40(20-13-44-14-20)8-9-47(25,42)43/h4-5,10-12,18,20H,2-3,6-9,13-17H2,1H3,(H,35,36,37). The van der Waals surface area contributed by atoms with Gasteiger partial charge in [0.25, 0.3) is 5.91 Å². The van der Waals surface area contributed by atoms with Gasteiger partial charge in [0.2, 0.25) is 5.95 Å². The molecule has 1 N–H and O–H groups in total. The Morgan fingerprint density at radius 1 is 1.09 bits per heavy atom. The molecule has 250 valence electrons. The number of piperazine rings is 1. The molecule has 2 aromatic heterocycles. The number of thiophene rings is 1. The number of rotatable bonds is 6. The van der Waals surface area contributed by atoms with Crippen LogP contribution in [0.5, 0.6) is 0 Å². The fraction of sp³-hybridized carbons (Fsp3) is 0.516. The van der Waals surface area contributed by atoms with E-state index >= 15 is 0 Å². The van der Waals surface area contributed by atoms with Crippen LogP contribution in [0.15, 0.2) is 35.4 Å². The molecular formula is C31H33F3N6O5S2. The van der Waals surface area contributed by atoms with Crippen molar-refractivity contribution in [2.24, 2.45) is 0 Å². The van der Waals surface area contributed by atoms with Crippen LogP contribution < -0.4 is 10.2 Å². The molecule has 0 unspecified atom stereocenters. The molecule has 8 rings (SSSR count). The fourth-order valence-electron chi connectivity index (χ4n) is 6.67. The van der Waals surface area contributed by atoms with Crippen LogP contribution in [-0.2, 0) is 25.5 Å². The Morgan fingerprint density at radius 3 is 2.53 bits per heavy atom. The van der Waals surface area contributed by atoms with Crippen molar-refractivity contribution < 1.29 is 35.9 Å². The number of anilines is 3. The zero-order chi connectivity index (χ0) is 32.7. The molecule has 1 saturated carbocycles. The van der Waals surface area contributed by atoms with Crippen molar-refractivity contribution in [2.45, 2.75) is 41.4 Å². The monoisotopic (exact) mass is 690 g/mol. The molecule has 1 aliphatic carbocycles. The second kappa shape index (κ2) is 11.1. The lowest BCUT2D eigenvalue weighted by molar-refractivity contribution is -0.137. The highest BCUT2D eigenvalue weighted by Gasteiger charge is 2.46. The Morgan fingerprint density at radius 2 is 1.87 bits per heavy atom. The number of likely N-dealkylation sites (N-methyl/N-ethyl adjacent to an activating group) is 1. The number of benzene rings is 1. The largest absolute Gasteiger partial charge is 0.420 e. The molecule has 1 spiro atoms. The van der Waals surface area contributed by atoms with Gasteiger partial charge in [-0.05, 0) is 55.6 Å². The minimum atomic E-state index is -4.82. The van der Waals surface area contributed by atoms with E-state index in [-0.39, 0.29) is 57.7 Å². The number of carbonyl (C=O) groups is 1. The van der Waals surface area contributed by atoms with E-state index in [9.17, 15) is 26.4 Å². The lowest BCUT2D eigenvalue weighted by Gasteiger charge is -2.54. The van der Waals surface area contributed by atoms with E-state index in [0.29, 0.717) is 42.4 Å². The highest BCUT2D eigenvalue weighted by molar-refractivity contribution is 7.91. The van der Waals surface area contributed by atoms with Crippen molar-refractivity contribution in [3.05, 3.63) is 46.5 Å². The molecule has 1 aromatic carbocycles. The smallest absolute Gasteiger partial charge is 0.377 e. The molecule has 16 heteroatoms. The first kappa shape index (κ1) is 31.0. The third-order valence-corrected chi connectivity index (χ3v) is 12.9. The number of alkyl halides is 3. The summed E-state index contributed by atoms with van der Waals surface area (Å²) in [4.78, 5) is 27.5. The SMILES string of the molecule is CN1CCN(c2ccc(Nc3ncc(C(F)(F)F)c(-c4cc5c(s4)C(=O)N(C4COC4)CCS5(=O)=O)n3)c(C3CC3)c2)CC12COC2. The number of carbonyl (C=O) groups excluding carboxylic acids is 1. The topological polar surface area (TPSA) is 117 Å². The van der Waals surface area contributed by atoms with E-state index in [2.05, 4.69) is 38.2 Å². The molecule has 11 nitrogen and oxygen atoms in total. The minimum Gasteiger partial charge on any atom is -0.377 e. The Hall–Kier alpha value is -3.31. The molecule has 0 atom stereocenters. The van der Waals surface area contributed by atoms with Gasteiger partial charge in [-0.3, -0.25) is 9.69 Å². The van der Waals surface area contributed by atoms with Gasteiger partial charge >= 0.3 is 6.18 Å². The maximum Gasteiger partial charge on any atom is 0.420 e. The Labute approximate surface area is 273 Å². The van der Waals surface area contributed by atoms with Crippen molar-refractivity contribution >= 4 is 44.4 Å². The van der Waals surface area contributed by atoms with Crippen LogP contribution >= 0.6 is 11.3 Å². The number of aromatic nitrogens is 2. The van der Waals surface area contributed by atoms with Crippen LogP contribution in [0.25, 0.3) is 10.6 Å². The molecular weight excluding hydrogens is 658 g/mol. The average Bonchev–Trinajstić information content (AvgIpc) is 3.74. The number of nitrogens with one attached hydrogen (secondary N) is 1. The van der Waals surface area contributed by atoms with Gasteiger partial charge in [0, 0.05) is 43.8 Å². The highest BCUT2D eigenvalue weighted by Crippen LogP contribution is 2.47. The molecule has 3 saturated heterocycles.